The van der Waals surface area contributed by atoms with Gasteiger partial charge in [0, 0.05) is 24.3 Å². The number of rotatable bonds is 1. The van der Waals surface area contributed by atoms with Crippen LogP contribution in [0.1, 0.15) is 24.8 Å². The van der Waals surface area contributed by atoms with Crippen molar-refractivity contribution in [2.24, 2.45) is 0 Å². The lowest BCUT2D eigenvalue weighted by Gasteiger charge is -2.31. The van der Waals surface area contributed by atoms with Crippen molar-refractivity contribution in [3.05, 3.63) is 23.8 Å². The predicted molar refractivity (Wildman–Crippen MR) is 72.7 cm³/mol. The van der Waals surface area contributed by atoms with Crippen LogP contribution >= 0.6 is 0 Å². The Morgan fingerprint density at radius 1 is 1.37 bits per heavy atom. The second-order valence-electron chi connectivity index (χ2n) is 5.14. The number of carbonyl (C=O) groups is 2. The van der Waals surface area contributed by atoms with Crippen LogP contribution in [0.2, 0.25) is 0 Å². The van der Waals surface area contributed by atoms with Crippen LogP contribution < -0.4 is 16.0 Å². The van der Waals surface area contributed by atoms with Crippen LogP contribution in [-0.4, -0.2) is 24.4 Å². The van der Waals surface area contributed by atoms with Crippen molar-refractivity contribution in [1.82, 2.24) is 5.32 Å². The minimum absolute atomic E-state index is 0.00317. The standard InChI is InChI=1S/C14H17N3O2/c15-10-3-5-12-9(8-10)2-1-7-17(12)14(19)11-4-6-13(18)16-11/h3,5,8,11H,1-2,4,6-7,15H2,(H,16,18). The van der Waals surface area contributed by atoms with E-state index in [1.54, 1.807) is 4.90 Å². The Kier molecular flexibility index (Phi) is 2.89. The molecular weight excluding hydrogens is 242 g/mol. The number of nitrogens with zero attached hydrogens (tertiary/aromatic N) is 1. The fourth-order valence-corrected chi connectivity index (χ4v) is 2.83. The zero-order chi connectivity index (χ0) is 13.4. The molecule has 100 valence electrons. The van der Waals surface area contributed by atoms with Gasteiger partial charge in [-0.1, -0.05) is 0 Å². The normalized spacial score (nSPS) is 22.0. The Morgan fingerprint density at radius 2 is 2.21 bits per heavy atom. The summed E-state index contributed by atoms with van der Waals surface area (Å²) in [6.45, 7) is 0.710. The van der Waals surface area contributed by atoms with Gasteiger partial charge in [0.1, 0.15) is 6.04 Å². The number of nitrogens with two attached hydrogens (primary N) is 1. The largest absolute Gasteiger partial charge is 0.399 e. The number of nitrogen functional groups attached to an aromatic ring is 1. The van der Waals surface area contributed by atoms with Gasteiger partial charge in [-0.25, -0.2) is 0 Å². The molecule has 0 aliphatic carbocycles. The van der Waals surface area contributed by atoms with E-state index in [2.05, 4.69) is 5.32 Å². The van der Waals surface area contributed by atoms with Crippen LogP contribution in [0, 0.1) is 0 Å². The number of anilines is 2. The van der Waals surface area contributed by atoms with Gasteiger partial charge >= 0.3 is 0 Å². The SMILES string of the molecule is Nc1ccc2c(c1)CCCN2C(=O)C1CCC(=O)N1. The van der Waals surface area contributed by atoms with Crippen molar-refractivity contribution < 1.29 is 9.59 Å². The van der Waals surface area contributed by atoms with E-state index in [0.29, 0.717) is 19.4 Å². The van der Waals surface area contributed by atoms with Crippen LogP contribution in [0.15, 0.2) is 18.2 Å². The van der Waals surface area contributed by atoms with Crippen molar-refractivity contribution >= 4 is 23.2 Å². The quantitative estimate of drug-likeness (QED) is 0.733. The van der Waals surface area contributed by atoms with Gasteiger partial charge in [-0.05, 0) is 43.0 Å². The summed E-state index contributed by atoms with van der Waals surface area (Å²) >= 11 is 0. The van der Waals surface area contributed by atoms with E-state index in [4.69, 9.17) is 5.73 Å². The van der Waals surface area contributed by atoms with Gasteiger partial charge in [0.05, 0.1) is 0 Å². The third-order valence-corrected chi connectivity index (χ3v) is 3.78. The van der Waals surface area contributed by atoms with Crippen molar-refractivity contribution in [2.75, 3.05) is 17.2 Å². The molecule has 1 atom stereocenters. The molecule has 2 heterocycles. The Bertz CT molecular complexity index is 541. The number of amides is 2. The zero-order valence-corrected chi connectivity index (χ0v) is 10.7. The minimum Gasteiger partial charge on any atom is -0.399 e. The molecule has 0 saturated carbocycles. The molecule has 0 aromatic heterocycles. The Balaban J connectivity index is 1.87. The summed E-state index contributed by atoms with van der Waals surface area (Å²) in [4.78, 5) is 25.5. The molecule has 19 heavy (non-hydrogen) atoms. The van der Waals surface area contributed by atoms with Gasteiger partial charge < -0.3 is 16.0 Å². The average Bonchev–Trinajstić information content (AvgIpc) is 2.83. The first-order chi connectivity index (χ1) is 9.15. The van der Waals surface area contributed by atoms with Gasteiger partial charge in [-0.15, -0.1) is 0 Å². The number of carbonyl (C=O) groups excluding carboxylic acids is 2. The number of fused-ring (bicyclic) bond motifs is 1. The predicted octanol–water partition coefficient (Wildman–Crippen LogP) is 0.827. The molecule has 1 saturated heterocycles. The van der Waals surface area contributed by atoms with Crippen molar-refractivity contribution in [3.8, 4) is 0 Å². The molecule has 0 radical (unpaired) electrons. The van der Waals surface area contributed by atoms with Crippen LogP contribution in [0.5, 0.6) is 0 Å². The summed E-state index contributed by atoms with van der Waals surface area (Å²) in [6.07, 6.45) is 2.92. The third-order valence-electron chi connectivity index (χ3n) is 3.78. The number of benzene rings is 1. The van der Waals surface area contributed by atoms with Crippen molar-refractivity contribution in [3.63, 3.8) is 0 Å². The molecule has 0 bridgehead atoms. The Hall–Kier alpha value is -2.04. The number of nitrogens with one attached hydrogen (secondary N) is 1. The van der Waals surface area contributed by atoms with Gasteiger partial charge in [0.15, 0.2) is 0 Å². The highest BCUT2D eigenvalue weighted by atomic mass is 16.2. The first-order valence-corrected chi connectivity index (χ1v) is 6.64. The topological polar surface area (TPSA) is 75.4 Å². The Labute approximate surface area is 111 Å². The fourth-order valence-electron chi connectivity index (χ4n) is 2.83. The highest BCUT2D eigenvalue weighted by molar-refractivity contribution is 6.01. The third kappa shape index (κ3) is 2.16. The molecule has 1 fully saturated rings. The molecule has 3 rings (SSSR count). The maximum Gasteiger partial charge on any atom is 0.249 e. The molecule has 0 spiro atoms. The summed E-state index contributed by atoms with van der Waals surface area (Å²) < 4.78 is 0. The highest BCUT2D eigenvalue weighted by Crippen LogP contribution is 2.30. The summed E-state index contributed by atoms with van der Waals surface area (Å²) in [5.41, 5.74) is 8.56. The molecule has 5 heteroatoms. The van der Waals surface area contributed by atoms with E-state index in [0.717, 1.165) is 29.8 Å². The lowest BCUT2D eigenvalue weighted by Crippen LogP contribution is -2.46. The molecule has 1 aromatic rings. The summed E-state index contributed by atoms with van der Waals surface area (Å²) in [7, 11) is 0. The molecule has 2 amide bonds. The average molecular weight is 259 g/mol. The van der Waals surface area contributed by atoms with Crippen LogP contribution in [0.3, 0.4) is 0 Å². The first kappa shape index (κ1) is 12.0. The van der Waals surface area contributed by atoms with Crippen LogP contribution in [0.4, 0.5) is 11.4 Å². The molecular formula is C14H17N3O2. The second-order valence-corrected chi connectivity index (χ2v) is 5.14. The monoisotopic (exact) mass is 259 g/mol. The van der Waals surface area contributed by atoms with Gasteiger partial charge in [-0.2, -0.15) is 0 Å². The van der Waals surface area contributed by atoms with E-state index < -0.39 is 0 Å². The lowest BCUT2D eigenvalue weighted by molar-refractivity contribution is -0.124. The van der Waals surface area contributed by atoms with Gasteiger partial charge in [-0.3, -0.25) is 9.59 Å². The smallest absolute Gasteiger partial charge is 0.249 e. The number of hydrogen-bond acceptors (Lipinski definition) is 3. The Morgan fingerprint density at radius 3 is 2.95 bits per heavy atom. The van der Waals surface area contributed by atoms with Crippen molar-refractivity contribution in [1.29, 1.82) is 0 Å². The molecule has 2 aliphatic heterocycles. The molecule has 3 N–H and O–H groups in total. The van der Waals surface area contributed by atoms with E-state index in [9.17, 15) is 9.59 Å². The van der Waals surface area contributed by atoms with Gasteiger partial charge in [0.25, 0.3) is 0 Å². The van der Waals surface area contributed by atoms with E-state index in [1.807, 2.05) is 18.2 Å². The maximum atomic E-state index is 12.5. The molecule has 1 aromatic carbocycles. The van der Waals surface area contributed by atoms with Crippen molar-refractivity contribution in [2.45, 2.75) is 31.7 Å². The highest BCUT2D eigenvalue weighted by Gasteiger charge is 2.33. The summed E-state index contributed by atoms with van der Waals surface area (Å²) in [5.74, 6) is -0.0375. The van der Waals surface area contributed by atoms with Crippen LogP contribution in [-0.2, 0) is 16.0 Å². The zero-order valence-electron chi connectivity index (χ0n) is 10.7. The second kappa shape index (κ2) is 4.57. The molecule has 2 aliphatic rings. The molecule has 1 unspecified atom stereocenters. The summed E-state index contributed by atoms with van der Waals surface area (Å²) in [6, 6.07) is 5.29. The molecule has 5 nitrogen and oxygen atoms in total. The first-order valence-electron chi connectivity index (χ1n) is 6.64. The van der Waals surface area contributed by atoms with E-state index in [1.165, 1.54) is 0 Å². The fraction of sp³-hybridized carbons (Fsp3) is 0.429. The minimum atomic E-state index is -0.365. The van der Waals surface area contributed by atoms with E-state index >= 15 is 0 Å². The maximum absolute atomic E-state index is 12.5. The van der Waals surface area contributed by atoms with Gasteiger partial charge in [0.2, 0.25) is 11.8 Å². The number of aryl methyl sites for hydroxylation is 1. The lowest BCUT2D eigenvalue weighted by atomic mass is 10.00. The van der Waals surface area contributed by atoms with E-state index in [-0.39, 0.29) is 17.9 Å². The number of hydrogen-bond donors (Lipinski definition) is 2. The summed E-state index contributed by atoms with van der Waals surface area (Å²) in [5, 5.41) is 2.74. The van der Waals surface area contributed by atoms with Crippen LogP contribution in [0.25, 0.3) is 0 Å².